The monoisotopic (exact) mass is 284 g/mol. The van der Waals surface area contributed by atoms with Crippen LogP contribution < -0.4 is 10.2 Å². The summed E-state index contributed by atoms with van der Waals surface area (Å²) in [5.41, 5.74) is 0. The summed E-state index contributed by atoms with van der Waals surface area (Å²) < 4.78 is 0. The third kappa shape index (κ3) is 3.67. The molecule has 0 bridgehead atoms. The molecular weight excluding hydrogens is 264 g/mol. The molecule has 106 valence electrons. The summed E-state index contributed by atoms with van der Waals surface area (Å²) in [6.07, 6.45) is 1.10. The van der Waals surface area contributed by atoms with Gasteiger partial charge in [-0.1, -0.05) is 0 Å². The van der Waals surface area contributed by atoms with Crippen molar-refractivity contribution in [2.75, 3.05) is 43.4 Å². The molecule has 2 heterocycles. The Bertz CT molecular complexity index is 427. The highest BCUT2D eigenvalue weighted by Gasteiger charge is 2.22. The fourth-order valence-corrected chi connectivity index (χ4v) is 2.53. The molecule has 1 fully saturated rings. The average Bonchev–Trinajstić information content (AvgIpc) is 2.49. The molecule has 1 aliphatic heterocycles. The second kappa shape index (κ2) is 6.34. The number of anilines is 2. The highest BCUT2D eigenvalue weighted by molar-refractivity contribution is 6.28. The summed E-state index contributed by atoms with van der Waals surface area (Å²) in [5, 5.41) is 3.32. The molecule has 1 saturated heterocycles. The van der Waals surface area contributed by atoms with Crippen molar-refractivity contribution in [3.05, 3.63) is 5.28 Å². The van der Waals surface area contributed by atoms with E-state index < -0.39 is 0 Å². The second-order valence-corrected chi connectivity index (χ2v) is 5.25. The first-order chi connectivity index (χ1) is 9.10. The van der Waals surface area contributed by atoms with Gasteiger partial charge in [0.05, 0.1) is 0 Å². The molecule has 0 aliphatic carbocycles. The zero-order valence-electron chi connectivity index (χ0n) is 11.7. The quantitative estimate of drug-likeness (QED) is 0.907. The number of nitrogens with zero attached hydrogens (tertiary/aromatic N) is 5. The highest BCUT2D eigenvalue weighted by Crippen LogP contribution is 2.18. The van der Waals surface area contributed by atoms with Crippen LogP contribution in [0.5, 0.6) is 0 Å². The molecule has 2 rings (SSSR count). The minimum Gasteiger partial charge on any atom is -0.354 e. The summed E-state index contributed by atoms with van der Waals surface area (Å²) in [7, 11) is 2.14. The average molecular weight is 285 g/mol. The fourth-order valence-electron chi connectivity index (χ4n) is 2.37. The largest absolute Gasteiger partial charge is 0.354 e. The zero-order valence-corrected chi connectivity index (χ0v) is 12.5. The van der Waals surface area contributed by atoms with E-state index >= 15 is 0 Å². The van der Waals surface area contributed by atoms with Gasteiger partial charge >= 0.3 is 0 Å². The molecule has 0 spiro atoms. The highest BCUT2D eigenvalue weighted by atomic mass is 35.5. The number of likely N-dealkylation sites (N-methyl/N-ethyl adjacent to an activating group) is 1. The van der Waals surface area contributed by atoms with Gasteiger partial charge in [0.1, 0.15) is 0 Å². The molecular formula is C12H21ClN6. The van der Waals surface area contributed by atoms with Gasteiger partial charge in [-0.25, -0.2) is 0 Å². The van der Waals surface area contributed by atoms with Gasteiger partial charge in [0.25, 0.3) is 0 Å². The van der Waals surface area contributed by atoms with E-state index in [1.54, 1.807) is 0 Å². The first-order valence-electron chi connectivity index (χ1n) is 6.70. The Labute approximate surface area is 119 Å². The van der Waals surface area contributed by atoms with Gasteiger partial charge in [-0.3, -0.25) is 0 Å². The maximum Gasteiger partial charge on any atom is 0.231 e. The van der Waals surface area contributed by atoms with Gasteiger partial charge < -0.3 is 15.1 Å². The number of aromatic nitrogens is 3. The molecule has 1 aliphatic rings. The fraction of sp³-hybridized carbons (Fsp3) is 0.750. The lowest BCUT2D eigenvalue weighted by atomic mass is 10.3. The summed E-state index contributed by atoms with van der Waals surface area (Å²) in [6.45, 7) is 7.99. The van der Waals surface area contributed by atoms with Crippen LogP contribution in [0.1, 0.15) is 20.3 Å². The molecule has 0 saturated carbocycles. The summed E-state index contributed by atoms with van der Waals surface area (Å²) in [6, 6.07) is 0.362. The third-order valence-corrected chi connectivity index (χ3v) is 3.40. The normalized spacial score (nSPS) is 21.3. The van der Waals surface area contributed by atoms with Crippen molar-refractivity contribution >= 4 is 23.5 Å². The van der Waals surface area contributed by atoms with E-state index in [0.717, 1.165) is 32.6 Å². The van der Waals surface area contributed by atoms with Crippen LogP contribution in [0.3, 0.4) is 0 Å². The van der Waals surface area contributed by atoms with Gasteiger partial charge in [0.2, 0.25) is 17.2 Å². The van der Waals surface area contributed by atoms with E-state index in [-0.39, 0.29) is 5.28 Å². The summed E-state index contributed by atoms with van der Waals surface area (Å²) in [5.74, 6) is 1.21. The maximum atomic E-state index is 5.98. The van der Waals surface area contributed by atoms with Crippen molar-refractivity contribution in [3.63, 3.8) is 0 Å². The van der Waals surface area contributed by atoms with Crippen LogP contribution in [0.25, 0.3) is 0 Å². The van der Waals surface area contributed by atoms with E-state index in [0.29, 0.717) is 17.9 Å². The van der Waals surface area contributed by atoms with Gasteiger partial charge in [-0.05, 0) is 45.5 Å². The number of hydrogen-bond donors (Lipinski definition) is 1. The van der Waals surface area contributed by atoms with E-state index in [4.69, 9.17) is 11.6 Å². The Morgan fingerprint density at radius 1 is 1.32 bits per heavy atom. The van der Waals surface area contributed by atoms with Gasteiger partial charge in [0.15, 0.2) is 0 Å². The Balaban J connectivity index is 2.24. The zero-order chi connectivity index (χ0) is 13.8. The van der Waals surface area contributed by atoms with Gasteiger partial charge in [-0.15, -0.1) is 0 Å². The topological polar surface area (TPSA) is 57.2 Å². The molecule has 0 amide bonds. The van der Waals surface area contributed by atoms with Crippen LogP contribution in [0.15, 0.2) is 0 Å². The molecule has 19 heavy (non-hydrogen) atoms. The summed E-state index contributed by atoms with van der Waals surface area (Å²) >= 11 is 5.98. The Morgan fingerprint density at radius 3 is 2.84 bits per heavy atom. The van der Waals surface area contributed by atoms with Gasteiger partial charge in [-0.2, -0.15) is 15.0 Å². The molecule has 6 nitrogen and oxygen atoms in total. The van der Waals surface area contributed by atoms with Crippen molar-refractivity contribution in [2.45, 2.75) is 26.3 Å². The number of hydrogen-bond acceptors (Lipinski definition) is 6. The van der Waals surface area contributed by atoms with E-state index in [2.05, 4.69) is 44.0 Å². The van der Waals surface area contributed by atoms with Crippen LogP contribution in [-0.4, -0.2) is 59.1 Å². The Kier molecular flexibility index (Phi) is 4.76. The van der Waals surface area contributed by atoms with Crippen LogP contribution >= 0.6 is 11.6 Å². The first kappa shape index (κ1) is 14.3. The van der Waals surface area contributed by atoms with Crippen LogP contribution in [-0.2, 0) is 0 Å². The Hall–Kier alpha value is -1.14. The smallest absolute Gasteiger partial charge is 0.231 e. The SMILES string of the molecule is CCNc1nc(Cl)nc(N2CCCN(C)CC2C)n1. The first-order valence-corrected chi connectivity index (χ1v) is 7.08. The molecule has 1 atom stereocenters. The Morgan fingerprint density at radius 2 is 2.11 bits per heavy atom. The maximum absolute atomic E-state index is 5.98. The van der Waals surface area contributed by atoms with Crippen LogP contribution in [0, 0.1) is 0 Å². The van der Waals surface area contributed by atoms with Crippen LogP contribution in [0.4, 0.5) is 11.9 Å². The predicted molar refractivity (Wildman–Crippen MR) is 77.9 cm³/mol. The predicted octanol–water partition coefficient (Wildman–Crippen LogP) is 1.49. The second-order valence-electron chi connectivity index (χ2n) is 4.92. The number of nitrogens with one attached hydrogen (secondary N) is 1. The van der Waals surface area contributed by atoms with Crippen molar-refractivity contribution in [2.24, 2.45) is 0 Å². The molecule has 1 aromatic heterocycles. The van der Waals surface area contributed by atoms with Gasteiger partial charge in [0, 0.05) is 25.7 Å². The lowest BCUT2D eigenvalue weighted by molar-refractivity contribution is 0.337. The minimum absolute atomic E-state index is 0.241. The van der Waals surface area contributed by atoms with Crippen molar-refractivity contribution < 1.29 is 0 Å². The molecule has 1 aromatic rings. The molecule has 1 N–H and O–H groups in total. The molecule has 0 aromatic carbocycles. The lowest BCUT2D eigenvalue weighted by Crippen LogP contribution is -2.39. The number of rotatable bonds is 3. The third-order valence-electron chi connectivity index (χ3n) is 3.23. The standard InChI is InChI=1S/C12H21ClN6/c1-4-14-11-15-10(13)16-12(17-11)19-7-5-6-18(3)8-9(19)2/h9H,4-8H2,1-3H3,(H,14,15,16,17). The van der Waals surface area contributed by atoms with Crippen LogP contribution in [0.2, 0.25) is 5.28 Å². The molecule has 7 heteroatoms. The van der Waals surface area contributed by atoms with E-state index in [1.165, 1.54) is 0 Å². The van der Waals surface area contributed by atoms with Crippen molar-refractivity contribution in [1.82, 2.24) is 19.9 Å². The molecule has 1 unspecified atom stereocenters. The summed E-state index contributed by atoms with van der Waals surface area (Å²) in [4.78, 5) is 17.3. The molecule has 0 radical (unpaired) electrons. The van der Waals surface area contributed by atoms with Crippen molar-refractivity contribution in [1.29, 1.82) is 0 Å². The minimum atomic E-state index is 0.241. The lowest BCUT2D eigenvalue weighted by Gasteiger charge is -2.28. The van der Waals surface area contributed by atoms with E-state index in [1.807, 2.05) is 6.92 Å². The van der Waals surface area contributed by atoms with E-state index in [9.17, 15) is 0 Å². The number of halogens is 1. The van der Waals surface area contributed by atoms with Crippen molar-refractivity contribution in [3.8, 4) is 0 Å².